The van der Waals surface area contributed by atoms with Crippen molar-refractivity contribution in [3.63, 3.8) is 0 Å². The summed E-state index contributed by atoms with van der Waals surface area (Å²) in [5.41, 5.74) is -0.115. The third-order valence-corrected chi connectivity index (χ3v) is 4.43. The summed E-state index contributed by atoms with van der Waals surface area (Å²) in [5.74, 6) is 0.190. The summed E-state index contributed by atoms with van der Waals surface area (Å²) < 4.78 is 22.8. The Balaban J connectivity index is 2.36. The largest absolute Gasteiger partial charge is 0.351 e. The van der Waals surface area contributed by atoms with Crippen LogP contribution in [-0.2, 0) is 14.6 Å². The van der Waals surface area contributed by atoms with Gasteiger partial charge >= 0.3 is 0 Å². The molecule has 1 aliphatic heterocycles. The van der Waals surface area contributed by atoms with E-state index >= 15 is 0 Å². The van der Waals surface area contributed by atoms with E-state index in [0.29, 0.717) is 6.42 Å². The number of rotatable bonds is 3. The minimum absolute atomic E-state index is 0.0776. The number of nitrogens with one attached hydrogen (secondary N) is 2. The van der Waals surface area contributed by atoms with Crippen LogP contribution in [0.5, 0.6) is 0 Å². The van der Waals surface area contributed by atoms with Gasteiger partial charge in [-0.05, 0) is 33.6 Å². The van der Waals surface area contributed by atoms with Crippen LogP contribution in [0.3, 0.4) is 0 Å². The molecule has 1 rings (SSSR count). The Morgan fingerprint density at radius 2 is 2.00 bits per heavy atom. The molecule has 6 heteroatoms. The molecule has 0 radical (unpaired) electrons. The molecule has 1 saturated heterocycles. The molecule has 100 valence electrons. The minimum atomic E-state index is -2.96. The Labute approximate surface area is 103 Å². The summed E-state index contributed by atoms with van der Waals surface area (Å²) in [6, 6.07) is -0.219. The molecule has 1 atom stereocenters. The Bertz CT molecular complexity index is 371. The second-order valence-corrected chi connectivity index (χ2v) is 7.85. The smallest absolute Gasteiger partial charge is 0.234 e. The van der Waals surface area contributed by atoms with Gasteiger partial charge in [0, 0.05) is 11.6 Å². The summed E-state index contributed by atoms with van der Waals surface area (Å²) in [6.45, 7) is 6.15. The van der Waals surface area contributed by atoms with Crippen molar-refractivity contribution in [3.05, 3.63) is 0 Å². The zero-order chi connectivity index (χ0) is 13.1. The van der Waals surface area contributed by atoms with E-state index < -0.39 is 9.84 Å². The van der Waals surface area contributed by atoms with Gasteiger partial charge in [-0.15, -0.1) is 0 Å². The lowest BCUT2D eigenvalue weighted by atomic mass is 10.1. The standard InChI is InChI=1S/C11H22N2O3S/c1-11(2,3)12-7-10(14)13-9-5-4-6-17(15,16)8-9/h9,12H,4-8H2,1-3H3,(H,13,14). The zero-order valence-electron chi connectivity index (χ0n) is 10.7. The molecule has 0 aliphatic carbocycles. The van der Waals surface area contributed by atoms with E-state index in [9.17, 15) is 13.2 Å². The highest BCUT2D eigenvalue weighted by atomic mass is 32.2. The predicted molar refractivity (Wildman–Crippen MR) is 67.6 cm³/mol. The molecule has 0 aromatic heterocycles. The van der Waals surface area contributed by atoms with Crippen molar-refractivity contribution in [3.8, 4) is 0 Å². The maximum Gasteiger partial charge on any atom is 0.234 e. The molecule has 2 N–H and O–H groups in total. The van der Waals surface area contributed by atoms with E-state index in [1.54, 1.807) is 0 Å². The highest BCUT2D eigenvalue weighted by Gasteiger charge is 2.25. The summed E-state index contributed by atoms with van der Waals surface area (Å²) >= 11 is 0. The first-order chi connectivity index (χ1) is 7.68. The average molecular weight is 262 g/mol. The van der Waals surface area contributed by atoms with Crippen molar-refractivity contribution in [1.82, 2.24) is 10.6 Å². The van der Waals surface area contributed by atoms with Crippen molar-refractivity contribution >= 4 is 15.7 Å². The molecule has 5 nitrogen and oxygen atoms in total. The van der Waals surface area contributed by atoms with Gasteiger partial charge in [0.2, 0.25) is 5.91 Å². The molecule has 1 heterocycles. The van der Waals surface area contributed by atoms with Crippen LogP contribution >= 0.6 is 0 Å². The zero-order valence-corrected chi connectivity index (χ0v) is 11.6. The molecule has 0 aromatic carbocycles. The summed E-state index contributed by atoms with van der Waals surface area (Å²) in [6.07, 6.45) is 1.39. The van der Waals surface area contributed by atoms with Gasteiger partial charge in [0.05, 0.1) is 18.1 Å². The number of amides is 1. The van der Waals surface area contributed by atoms with Crippen LogP contribution in [0.25, 0.3) is 0 Å². The van der Waals surface area contributed by atoms with Gasteiger partial charge in [0.1, 0.15) is 0 Å². The minimum Gasteiger partial charge on any atom is -0.351 e. The molecule has 1 fully saturated rings. The number of hydrogen-bond donors (Lipinski definition) is 2. The van der Waals surface area contributed by atoms with E-state index in [-0.39, 0.29) is 35.5 Å². The van der Waals surface area contributed by atoms with Gasteiger partial charge in [-0.1, -0.05) is 0 Å². The van der Waals surface area contributed by atoms with Gasteiger partial charge in [0.15, 0.2) is 9.84 Å². The normalized spacial score (nSPS) is 24.3. The van der Waals surface area contributed by atoms with Crippen molar-refractivity contribution in [2.75, 3.05) is 18.1 Å². The number of carbonyl (C=O) groups is 1. The first-order valence-electron chi connectivity index (χ1n) is 5.93. The molecule has 1 amide bonds. The highest BCUT2D eigenvalue weighted by molar-refractivity contribution is 7.91. The third-order valence-electron chi connectivity index (χ3n) is 2.61. The van der Waals surface area contributed by atoms with Gasteiger partial charge in [0.25, 0.3) is 0 Å². The molecule has 0 spiro atoms. The SMILES string of the molecule is CC(C)(C)NCC(=O)NC1CCCS(=O)(=O)C1. The third kappa shape index (κ3) is 6.02. The summed E-state index contributed by atoms with van der Waals surface area (Å²) in [4.78, 5) is 11.6. The Morgan fingerprint density at radius 1 is 1.35 bits per heavy atom. The predicted octanol–water partition coefficient (Wildman–Crippen LogP) is 0.0679. The van der Waals surface area contributed by atoms with Crippen LogP contribution in [0, 0.1) is 0 Å². The molecule has 0 bridgehead atoms. The van der Waals surface area contributed by atoms with Crippen molar-refractivity contribution in [2.45, 2.75) is 45.2 Å². The fraction of sp³-hybridized carbons (Fsp3) is 0.909. The Hall–Kier alpha value is -0.620. The highest BCUT2D eigenvalue weighted by Crippen LogP contribution is 2.11. The van der Waals surface area contributed by atoms with Crippen LogP contribution in [0.1, 0.15) is 33.6 Å². The van der Waals surface area contributed by atoms with E-state index in [0.717, 1.165) is 6.42 Å². The topological polar surface area (TPSA) is 75.3 Å². The fourth-order valence-electron chi connectivity index (χ4n) is 1.76. The average Bonchev–Trinajstić information content (AvgIpc) is 2.12. The number of sulfone groups is 1. The Morgan fingerprint density at radius 3 is 2.53 bits per heavy atom. The fourth-order valence-corrected chi connectivity index (χ4v) is 3.40. The summed E-state index contributed by atoms with van der Waals surface area (Å²) in [7, 11) is -2.96. The van der Waals surface area contributed by atoms with Crippen molar-refractivity contribution in [1.29, 1.82) is 0 Å². The van der Waals surface area contributed by atoms with E-state index in [4.69, 9.17) is 0 Å². The second kappa shape index (κ2) is 5.35. The van der Waals surface area contributed by atoms with Gasteiger partial charge < -0.3 is 10.6 Å². The van der Waals surface area contributed by atoms with Crippen LogP contribution in [0.4, 0.5) is 0 Å². The molecule has 0 saturated carbocycles. The monoisotopic (exact) mass is 262 g/mol. The molecule has 1 aliphatic rings. The molecule has 1 unspecified atom stereocenters. The van der Waals surface area contributed by atoms with Crippen molar-refractivity contribution in [2.24, 2.45) is 0 Å². The maximum atomic E-state index is 11.6. The van der Waals surface area contributed by atoms with Gasteiger partial charge in [-0.25, -0.2) is 8.42 Å². The van der Waals surface area contributed by atoms with Crippen molar-refractivity contribution < 1.29 is 13.2 Å². The van der Waals surface area contributed by atoms with Crippen LogP contribution < -0.4 is 10.6 Å². The van der Waals surface area contributed by atoms with E-state index in [2.05, 4.69) is 10.6 Å². The first-order valence-corrected chi connectivity index (χ1v) is 7.75. The molecule has 17 heavy (non-hydrogen) atoms. The first kappa shape index (κ1) is 14.4. The van der Waals surface area contributed by atoms with Crippen LogP contribution in [0.15, 0.2) is 0 Å². The van der Waals surface area contributed by atoms with Crippen LogP contribution in [-0.4, -0.2) is 44.0 Å². The van der Waals surface area contributed by atoms with E-state index in [1.165, 1.54) is 0 Å². The molecular formula is C11H22N2O3S. The number of hydrogen-bond acceptors (Lipinski definition) is 4. The van der Waals surface area contributed by atoms with E-state index in [1.807, 2.05) is 20.8 Å². The number of carbonyl (C=O) groups excluding carboxylic acids is 1. The lowest BCUT2D eigenvalue weighted by Crippen LogP contribution is -2.48. The molecular weight excluding hydrogens is 240 g/mol. The van der Waals surface area contributed by atoms with Gasteiger partial charge in [-0.3, -0.25) is 4.79 Å². The maximum absolute atomic E-state index is 11.6. The molecule has 0 aromatic rings. The van der Waals surface area contributed by atoms with Gasteiger partial charge in [-0.2, -0.15) is 0 Å². The Kier molecular flexibility index (Phi) is 4.55. The second-order valence-electron chi connectivity index (χ2n) is 5.62. The quantitative estimate of drug-likeness (QED) is 0.754. The lowest BCUT2D eigenvalue weighted by molar-refractivity contribution is -0.121. The summed E-state index contributed by atoms with van der Waals surface area (Å²) in [5, 5.41) is 5.84. The van der Waals surface area contributed by atoms with Crippen LogP contribution in [0.2, 0.25) is 0 Å². The lowest BCUT2D eigenvalue weighted by Gasteiger charge is -2.25.